The normalized spacial score (nSPS) is 23.5. The highest BCUT2D eigenvalue weighted by atomic mass is 35.5. The Hall–Kier alpha value is -1.24. The minimum Gasteiger partial charge on any atom is -0.379 e. The lowest BCUT2D eigenvalue weighted by Crippen LogP contribution is -2.45. The molecule has 21 heavy (non-hydrogen) atoms. The summed E-state index contributed by atoms with van der Waals surface area (Å²) < 4.78 is 18.6. The van der Waals surface area contributed by atoms with Crippen LogP contribution < -0.4 is 0 Å². The third-order valence-corrected chi connectivity index (χ3v) is 4.35. The molecular weight excluding hydrogens is 297 g/mol. The van der Waals surface area contributed by atoms with Crippen LogP contribution in [0.2, 0.25) is 5.15 Å². The second-order valence-corrected chi connectivity index (χ2v) is 5.69. The molecule has 0 aliphatic carbocycles. The van der Waals surface area contributed by atoms with Crippen LogP contribution in [0.4, 0.5) is 4.39 Å². The summed E-state index contributed by atoms with van der Waals surface area (Å²) in [7, 11) is 0. The average Bonchev–Trinajstić information content (AvgIpc) is 3.00. The lowest BCUT2D eigenvalue weighted by Gasteiger charge is -2.32. The van der Waals surface area contributed by atoms with E-state index in [2.05, 4.69) is 9.88 Å². The van der Waals surface area contributed by atoms with Gasteiger partial charge in [-0.2, -0.15) is 0 Å². The quantitative estimate of drug-likeness (QED) is 0.775. The maximum absolute atomic E-state index is 13.2. The number of morpholine rings is 1. The number of nitrogens with zero attached hydrogens (tertiary/aromatic N) is 3. The van der Waals surface area contributed by atoms with Crippen molar-refractivity contribution in [2.24, 2.45) is 0 Å². The van der Waals surface area contributed by atoms with E-state index in [1.54, 1.807) is 4.90 Å². The fourth-order valence-electron chi connectivity index (χ4n) is 2.91. The van der Waals surface area contributed by atoms with Crippen LogP contribution in [0.5, 0.6) is 0 Å². The van der Waals surface area contributed by atoms with Gasteiger partial charge in [-0.25, -0.2) is 9.37 Å². The van der Waals surface area contributed by atoms with Crippen LogP contribution in [0.3, 0.4) is 0 Å². The van der Waals surface area contributed by atoms with E-state index in [1.165, 1.54) is 0 Å². The zero-order valence-corrected chi connectivity index (χ0v) is 12.4. The number of ether oxygens (including phenoxy) is 1. The van der Waals surface area contributed by atoms with Crippen LogP contribution in [0.1, 0.15) is 16.8 Å². The van der Waals surface area contributed by atoms with Crippen molar-refractivity contribution >= 4 is 17.5 Å². The molecule has 114 valence electrons. The molecule has 3 heterocycles. The van der Waals surface area contributed by atoms with Crippen molar-refractivity contribution in [2.75, 3.05) is 39.4 Å². The van der Waals surface area contributed by atoms with Crippen LogP contribution >= 0.6 is 11.6 Å². The van der Waals surface area contributed by atoms with Gasteiger partial charge in [0.15, 0.2) is 0 Å². The van der Waals surface area contributed by atoms with Crippen molar-refractivity contribution in [3.05, 3.63) is 28.8 Å². The number of amides is 1. The predicted octanol–water partition coefficient (Wildman–Crippen LogP) is 1.42. The van der Waals surface area contributed by atoms with E-state index in [1.807, 2.05) is 0 Å². The van der Waals surface area contributed by atoms with Crippen molar-refractivity contribution in [3.63, 3.8) is 0 Å². The Morgan fingerprint density at radius 3 is 2.90 bits per heavy atom. The van der Waals surface area contributed by atoms with Crippen molar-refractivity contribution in [1.82, 2.24) is 14.8 Å². The number of carbonyl (C=O) groups excluding carboxylic acids is 1. The molecule has 0 saturated carbocycles. The molecule has 1 aromatic rings. The number of hydrogen-bond donors (Lipinski definition) is 0. The Kier molecular flexibility index (Phi) is 4.37. The molecule has 2 aliphatic rings. The lowest BCUT2D eigenvalue weighted by molar-refractivity contribution is 0.0185. The van der Waals surface area contributed by atoms with Gasteiger partial charge in [0.05, 0.1) is 25.0 Å². The van der Waals surface area contributed by atoms with E-state index in [0.29, 0.717) is 19.1 Å². The van der Waals surface area contributed by atoms with Crippen molar-refractivity contribution in [1.29, 1.82) is 0 Å². The Morgan fingerprint density at radius 1 is 1.38 bits per heavy atom. The molecule has 5 nitrogen and oxygen atoms in total. The van der Waals surface area contributed by atoms with Gasteiger partial charge in [0.2, 0.25) is 0 Å². The van der Waals surface area contributed by atoms with Gasteiger partial charge in [0.25, 0.3) is 5.91 Å². The molecule has 1 unspecified atom stereocenters. The molecule has 2 saturated heterocycles. The smallest absolute Gasteiger partial charge is 0.257 e. The number of pyridine rings is 1. The number of aromatic nitrogens is 1. The summed E-state index contributed by atoms with van der Waals surface area (Å²) in [4.78, 5) is 20.2. The zero-order chi connectivity index (χ0) is 14.8. The van der Waals surface area contributed by atoms with E-state index in [4.69, 9.17) is 16.3 Å². The Labute approximate surface area is 127 Å². The van der Waals surface area contributed by atoms with E-state index in [9.17, 15) is 9.18 Å². The van der Waals surface area contributed by atoms with Crippen molar-refractivity contribution < 1.29 is 13.9 Å². The molecule has 2 fully saturated rings. The van der Waals surface area contributed by atoms with E-state index in [-0.39, 0.29) is 16.6 Å². The molecule has 7 heteroatoms. The molecule has 0 bridgehead atoms. The molecule has 0 aromatic carbocycles. The molecule has 0 N–H and O–H groups in total. The fourth-order valence-corrected chi connectivity index (χ4v) is 3.09. The van der Waals surface area contributed by atoms with Crippen LogP contribution in [0.25, 0.3) is 0 Å². The third-order valence-electron chi connectivity index (χ3n) is 4.05. The Balaban J connectivity index is 1.67. The molecular formula is C14H17ClFN3O2. The lowest BCUT2D eigenvalue weighted by atomic mass is 10.2. The first-order valence-corrected chi connectivity index (χ1v) is 7.45. The van der Waals surface area contributed by atoms with Crippen LogP contribution in [-0.4, -0.2) is 66.1 Å². The summed E-state index contributed by atoms with van der Waals surface area (Å²) in [5, 5.41) is 0.0521. The number of rotatable bonds is 2. The van der Waals surface area contributed by atoms with Crippen molar-refractivity contribution in [3.8, 4) is 0 Å². The highest BCUT2D eigenvalue weighted by Crippen LogP contribution is 2.22. The van der Waals surface area contributed by atoms with Gasteiger partial charge in [-0.1, -0.05) is 11.6 Å². The molecule has 1 atom stereocenters. The summed E-state index contributed by atoms with van der Waals surface area (Å²) in [6.45, 7) is 4.58. The van der Waals surface area contributed by atoms with E-state index >= 15 is 0 Å². The second-order valence-electron chi connectivity index (χ2n) is 5.33. The van der Waals surface area contributed by atoms with Gasteiger partial charge in [0.1, 0.15) is 11.0 Å². The van der Waals surface area contributed by atoms with Crippen molar-refractivity contribution in [2.45, 2.75) is 12.5 Å². The molecule has 1 amide bonds. The summed E-state index contributed by atoms with van der Waals surface area (Å²) in [6.07, 6.45) is 1.94. The Morgan fingerprint density at radius 2 is 2.14 bits per heavy atom. The zero-order valence-electron chi connectivity index (χ0n) is 11.6. The molecule has 2 aliphatic heterocycles. The topological polar surface area (TPSA) is 45.7 Å². The van der Waals surface area contributed by atoms with Crippen LogP contribution in [-0.2, 0) is 4.74 Å². The Bertz CT molecular complexity index is 537. The van der Waals surface area contributed by atoms with Crippen LogP contribution in [0, 0.1) is 5.82 Å². The average molecular weight is 314 g/mol. The van der Waals surface area contributed by atoms with Gasteiger partial charge < -0.3 is 9.64 Å². The SMILES string of the molecule is O=C(c1cc(F)cnc1Cl)N1CCC(N2CCOCC2)C1. The number of carbonyl (C=O) groups is 1. The fraction of sp³-hybridized carbons (Fsp3) is 0.571. The summed E-state index contributed by atoms with van der Waals surface area (Å²) >= 11 is 5.90. The molecule has 1 aromatic heterocycles. The first-order chi connectivity index (χ1) is 10.1. The summed E-state index contributed by atoms with van der Waals surface area (Å²) in [5.74, 6) is -0.797. The highest BCUT2D eigenvalue weighted by molar-refractivity contribution is 6.32. The molecule has 0 spiro atoms. The molecule has 3 rings (SSSR count). The van der Waals surface area contributed by atoms with Gasteiger partial charge in [0, 0.05) is 32.2 Å². The van der Waals surface area contributed by atoms with Gasteiger partial charge in [-0.3, -0.25) is 9.69 Å². The minimum atomic E-state index is -0.549. The number of likely N-dealkylation sites (tertiary alicyclic amines) is 1. The maximum Gasteiger partial charge on any atom is 0.257 e. The van der Waals surface area contributed by atoms with E-state index in [0.717, 1.165) is 45.0 Å². The first kappa shape index (κ1) is 14.7. The number of hydrogen-bond acceptors (Lipinski definition) is 4. The first-order valence-electron chi connectivity index (χ1n) is 7.07. The highest BCUT2D eigenvalue weighted by Gasteiger charge is 2.32. The largest absolute Gasteiger partial charge is 0.379 e. The standard InChI is InChI=1S/C14H17ClFN3O2/c15-13-12(7-10(16)8-17-13)14(20)19-2-1-11(9-19)18-3-5-21-6-4-18/h7-8,11H,1-6,9H2. The maximum atomic E-state index is 13.2. The summed E-state index contributed by atoms with van der Waals surface area (Å²) in [5.41, 5.74) is 0.138. The monoisotopic (exact) mass is 313 g/mol. The predicted molar refractivity (Wildman–Crippen MR) is 75.9 cm³/mol. The van der Waals surface area contributed by atoms with Gasteiger partial charge >= 0.3 is 0 Å². The third kappa shape index (κ3) is 3.17. The number of halogens is 2. The second kappa shape index (κ2) is 6.25. The summed E-state index contributed by atoms with van der Waals surface area (Å²) in [6, 6.07) is 1.50. The van der Waals surface area contributed by atoms with Gasteiger partial charge in [-0.15, -0.1) is 0 Å². The molecule has 0 radical (unpaired) electrons. The minimum absolute atomic E-state index is 0.0521. The van der Waals surface area contributed by atoms with Crippen LogP contribution in [0.15, 0.2) is 12.3 Å². The van der Waals surface area contributed by atoms with E-state index < -0.39 is 5.82 Å². The van der Waals surface area contributed by atoms with Gasteiger partial charge in [-0.05, 0) is 12.5 Å².